The summed E-state index contributed by atoms with van der Waals surface area (Å²) in [5.41, 5.74) is 7.81. The van der Waals surface area contributed by atoms with Crippen molar-refractivity contribution in [2.75, 3.05) is 31.2 Å². The van der Waals surface area contributed by atoms with E-state index in [2.05, 4.69) is 9.88 Å². The van der Waals surface area contributed by atoms with Crippen molar-refractivity contribution in [3.8, 4) is 10.6 Å². The van der Waals surface area contributed by atoms with Crippen LogP contribution >= 0.6 is 22.9 Å². The Hall–Kier alpha value is -2.78. The molecule has 9 heteroatoms. The van der Waals surface area contributed by atoms with E-state index < -0.39 is 5.54 Å². The minimum atomic E-state index is -0.891. The molecule has 2 aliphatic heterocycles. The number of anilines is 1. The van der Waals surface area contributed by atoms with Crippen molar-refractivity contribution in [1.29, 1.82) is 0 Å². The summed E-state index contributed by atoms with van der Waals surface area (Å²) < 4.78 is 5.22. The Balaban J connectivity index is 1.39. The molecule has 0 saturated carbocycles. The summed E-state index contributed by atoms with van der Waals surface area (Å²) in [6, 6.07) is 15.2. The number of hydrogen-bond acceptors (Lipinski definition) is 6. The third-order valence-corrected chi connectivity index (χ3v) is 7.83. The van der Waals surface area contributed by atoms with E-state index in [1.54, 1.807) is 16.2 Å². The molecule has 3 heterocycles. The lowest BCUT2D eigenvalue weighted by Gasteiger charge is -2.36. The molecule has 2 amide bonds. The van der Waals surface area contributed by atoms with E-state index in [-0.39, 0.29) is 18.4 Å². The molecule has 0 radical (unpaired) electrons. The zero-order valence-electron chi connectivity index (χ0n) is 18.6. The van der Waals surface area contributed by atoms with Crippen molar-refractivity contribution in [3.05, 3.63) is 70.2 Å². The van der Waals surface area contributed by atoms with Gasteiger partial charge < -0.3 is 15.4 Å². The number of amides is 2. The summed E-state index contributed by atoms with van der Waals surface area (Å²) in [5, 5.41) is 1.60. The third kappa shape index (κ3) is 4.22. The molecule has 5 rings (SSSR count). The highest BCUT2D eigenvalue weighted by Crippen LogP contribution is 2.41. The molecule has 0 spiro atoms. The van der Waals surface area contributed by atoms with Crippen LogP contribution in [0.2, 0.25) is 5.02 Å². The highest BCUT2D eigenvalue weighted by Gasteiger charge is 2.47. The molecule has 1 aromatic heterocycles. The van der Waals surface area contributed by atoms with Gasteiger partial charge in [-0.3, -0.25) is 14.5 Å². The first-order valence-electron chi connectivity index (χ1n) is 11.2. The van der Waals surface area contributed by atoms with Gasteiger partial charge in [0, 0.05) is 40.4 Å². The van der Waals surface area contributed by atoms with Crippen LogP contribution in [0.1, 0.15) is 23.3 Å². The average molecular weight is 497 g/mol. The first-order chi connectivity index (χ1) is 16.5. The Kier molecular flexibility index (Phi) is 6.40. The Morgan fingerprint density at radius 1 is 1.15 bits per heavy atom. The number of ether oxygens (including phenoxy) is 1. The standard InChI is InChI=1S/C25H25ClN4O3S/c26-19-6-2-17(3-7-19)23-28-14-21(34-23)15-29-11-1-10-25(29,24(27)32)18-4-8-20(9-5-18)30-12-13-33-16-22(30)31/h2-9,14H,1,10-13,15-16H2,(H2,27,32). The molecule has 2 fully saturated rings. The van der Waals surface area contributed by atoms with Gasteiger partial charge in [0.25, 0.3) is 5.91 Å². The van der Waals surface area contributed by atoms with Gasteiger partial charge in [0.05, 0.1) is 6.61 Å². The number of nitrogens with two attached hydrogens (primary N) is 1. The number of aromatic nitrogens is 1. The number of carbonyl (C=O) groups excluding carboxylic acids is 2. The lowest BCUT2D eigenvalue weighted by molar-refractivity contribution is -0.129. The van der Waals surface area contributed by atoms with Crippen molar-refractivity contribution in [3.63, 3.8) is 0 Å². The molecular weight excluding hydrogens is 472 g/mol. The summed E-state index contributed by atoms with van der Waals surface area (Å²) in [6.45, 7) is 2.47. The van der Waals surface area contributed by atoms with Crippen molar-refractivity contribution in [1.82, 2.24) is 9.88 Å². The van der Waals surface area contributed by atoms with Gasteiger partial charge >= 0.3 is 0 Å². The van der Waals surface area contributed by atoms with Crippen LogP contribution < -0.4 is 10.6 Å². The smallest absolute Gasteiger partial charge is 0.253 e. The van der Waals surface area contributed by atoms with Crippen molar-refractivity contribution in [2.24, 2.45) is 5.73 Å². The Bertz CT molecular complexity index is 1200. The van der Waals surface area contributed by atoms with Gasteiger partial charge in [-0.15, -0.1) is 11.3 Å². The predicted molar refractivity (Wildman–Crippen MR) is 133 cm³/mol. The lowest BCUT2D eigenvalue weighted by atomic mass is 9.86. The number of rotatable bonds is 6. The van der Waals surface area contributed by atoms with Gasteiger partial charge in [0.15, 0.2) is 0 Å². The van der Waals surface area contributed by atoms with Crippen LogP contribution in [0.15, 0.2) is 54.7 Å². The minimum Gasteiger partial charge on any atom is -0.370 e. The highest BCUT2D eigenvalue weighted by molar-refractivity contribution is 7.15. The molecule has 0 aliphatic carbocycles. The van der Waals surface area contributed by atoms with Gasteiger partial charge in [-0.25, -0.2) is 4.98 Å². The Morgan fingerprint density at radius 3 is 2.62 bits per heavy atom. The molecule has 2 N–H and O–H groups in total. The number of halogens is 1. The van der Waals surface area contributed by atoms with E-state index in [0.29, 0.717) is 31.1 Å². The summed E-state index contributed by atoms with van der Waals surface area (Å²) in [5.74, 6) is -0.421. The molecule has 34 heavy (non-hydrogen) atoms. The lowest BCUT2D eigenvalue weighted by Crippen LogP contribution is -2.50. The average Bonchev–Trinajstić information content (AvgIpc) is 3.48. The number of nitrogens with zero attached hydrogens (tertiary/aromatic N) is 3. The summed E-state index contributed by atoms with van der Waals surface area (Å²) in [6.07, 6.45) is 3.39. The molecule has 0 bridgehead atoms. The van der Waals surface area contributed by atoms with Crippen LogP contribution in [-0.4, -0.2) is 48.0 Å². The SMILES string of the molecule is NC(=O)C1(c2ccc(N3CCOCC3=O)cc2)CCCN1Cc1cnc(-c2ccc(Cl)cc2)s1. The zero-order valence-corrected chi connectivity index (χ0v) is 20.1. The number of carbonyl (C=O) groups is 2. The third-order valence-electron chi connectivity index (χ3n) is 6.55. The number of morpholine rings is 1. The summed E-state index contributed by atoms with van der Waals surface area (Å²) in [4.78, 5) is 34.6. The number of likely N-dealkylation sites (tertiary alicyclic amines) is 1. The van der Waals surface area contributed by atoms with Gasteiger partial charge in [-0.2, -0.15) is 0 Å². The van der Waals surface area contributed by atoms with Crippen molar-refractivity contribution in [2.45, 2.75) is 24.9 Å². The number of hydrogen-bond donors (Lipinski definition) is 1. The first-order valence-corrected chi connectivity index (χ1v) is 12.4. The van der Waals surface area contributed by atoms with Crippen LogP contribution in [0, 0.1) is 0 Å². The molecular formula is C25H25ClN4O3S. The Morgan fingerprint density at radius 2 is 1.91 bits per heavy atom. The van der Waals surface area contributed by atoms with Gasteiger partial charge in [-0.05, 0) is 49.2 Å². The second-order valence-electron chi connectivity index (χ2n) is 8.53. The van der Waals surface area contributed by atoms with Crippen LogP contribution in [0.4, 0.5) is 5.69 Å². The minimum absolute atomic E-state index is 0.0622. The maximum atomic E-state index is 12.9. The largest absolute Gasteiger partial charge is 0.370 e. The quantitative estimate of drug-likeness (QED) is 0.560. The number of thiazole rings is 1. The van der Waals surface area contributed by atoms with Crippen molar-refractivity contribution < 1.29 is 14.3 Å². The zero-order chi connectivity index (χ0) is 23.7. The van der Waals surface area contributed by atoms with Crippen molar-refractivity contribution >= 4 is 40.4 Å². The van der Waals surface area contributed by atoms with Crippen LogP contribution in [0.3, 0.4) is 0 Å². The molecule has 1 atom stereocenters. The van der Waals surface area contributed by atoms with Crippen LogP contribution in [-0.2, 0) is 26.4 Å². The van der Waals surface area contributed by atoms with E-state index in [4.69, 9.17) is 22.1 Å². The topological polar surface area (TPSA) is 88.8 Å². The molecule has 176 valence electrons. The fourth-order valence-electron chi connectivity index (χ4n) is 4.84. The maximum Gasteiger partial charge on any atom is 0.253 e. The molecule has 3 aromatic rings. The number of primary amides is 1. The van der Waals surface area contributed by atoms with E-state index in [9.17, 15) is 9.59 Å². The molecule has 2 aromatic carbocycles. The molecule has 2 saturated heterocycles. The van der Waals surface area contributed by atoms with Gasteiger partial charge in [0.2, 0.25) is 5.91 Å². The van der Waals surface area contributed by atoms with E-state index in [1.807, 2.05) is 54.7 Å². The summed E-state index contributed by atoms with van der Waals surface area (Å²) in [7, 11) is 0. The second kappa shape index (κ2) is 9.46. The van der Waals surface area contributed by atoms with E-state index in [1.165, 1.54) is 0 Å². The maximum absolute atomic E-state index is 12.9. The fourth-order valence-corrected chi connectivity index (χ4v) is 5.90. The van der Waals surface area contributed by atoms with E-state index >= 15 is 0 Å². The first kappa shape index (κ1) is 23.0. The van der Waals surface area contributed by atoms with E-state index in [0.717, 1.165) is 39.7 Å². The van der Waals surface area contributed by atoms with Crippen LogP contribution in [0.25, 0.3) is 10.6 Å². The van der Waals surface area contributed by atoms with Gasteiger partial charge in [-0.1, -0.05) is 35.9 Å². The fraction of sp³-hybridized carbons (Fsp3) is 0.320. The summed E-state index contributed by atoms with van der Waals surface area (Å²) >= 11 is 7.61. The second-order valence-corrected chi connectivity index (χ2v) is 10.1. The molecule has 1 unspecified atom stereocenters. The predicted octanol–water partition coefficient (Wildman–Crippen LogP) is 3.80. The number of benzene rings is 2. The van der Waals surface area contributed by atoms with Gasteiger partial charge in [0.1, 0.15) is 17.2 Å². The Labute approximate surface area is 207 Å². The molecule has 7 nitrogen and oxygen atoms in total. The monoisotopic (exact) mass is 496 g/mol. The highest BCUT2D eigenvalue weighted by atomic mass is 35.5. The van der Waals surface area contributed by atoms with Crippen LogP contribution in [0.5, 0.6) is 0 Å². The normalized spacial score (nSPS) is 21.2. The molecule has 2 aliphatic rings.